The lowest BCUT2D eigenvalue weighted by atomic mass is 9.97. The van der Waals surface area contributed by atoms with Crippen molar-refractivity contribution < 1.29 is 4.79 Å². The first-order chi connectivity index (χ1) is 4.95. The third kappa shape index (κ3) is 7.26. The molecule has 0 atom stereocenters. The average Bonchev–Trinajstić information content (AvgIpc) is 1.85. The van der Waals surface area contributed by atoms with E-state index in [1.807, 2.05) is 0 Å². The van der Waals surface area contributed by atoms with Gasteiger partial charge < -0.3 is 5.32 Å². The molecular formula is C9H17NO. The topological polar surface area (TPSA) is 29.1 Å². The summed E-state index contributed by atoms with van der Waals surface area (Å²) in [6, 6.07) is 0. The van der Waals surface area contributed by atoms with Crippen molar-refractivity contribution in [3.8, 4) is 0 Å². The Hall–Kier alpha value is -0.630. The predicted octanol–water partition coefficient (Wildman–Crippen LogP) is 1.38. The summed E-state index contributed by atoms with van der Waals surface area (Å²) in [7, 11) is 0. The molecule has 0 unspecified atom stereocenters. The van der Waals surface area contributed by atoms with E-state index in [1.54, 1.807) is 0 Å². The van der Waals surface area contributed by atoms with Crippen LogP contribution in [0.4, 0.5) is 0 Å². The highest BCUT2D eigenvalue weighted by molar-refractivity contribution is 5.72. The smallest absolute Gasteiger partial charge is 0.146 e. The zero-order chi connectivity index (χ0) is 8.91. The van der Waals surface area contributed by atoms with Crippen molar-refractivity contribution in [3.05, 3.63) is 12.2 Å². The van der Waals surface area contributed by atoms with Crippen molar-refractivity contribution in [3.63, 3.8) is 0 Å². The quantitative estimate of drug-likeness (QED) is 0.491. The summed E-state index contributed by atoms with van der Waals surface area (Å²) in [5.74, 6) is 0. The first-order valence-electron chi connectivity index (χ1n) is 3.79. The van der Waals surface area contributed by atoms with Crippen LogP contribution >= 0.6 is 0 Å². The first-order valence-corrected chi connectivity index (χ1v) is 3.79. The van der Waals surface area contributed by atoms with Crippen molar-refractivity contribution in [1.29, 1.82) is 0 Å². The normalized spacial score (nSPS) is 11.2. The number of hydrogen-bond acceptors (Lipinski definition) is 2. The number of carbonyl (C=O) groups is 1. The molecule has 0 bridgehead atoms. The minimum atomic E-state index is 0.267. The van der Waals surface area contributed by atoms with Crippen molar-refractivity contribution in [2.24, 2.45) is 5.41 Å². The first kappa shape index (κ1) is 10.4. The largest absolute Gasteiger partial charge is 0.312 e. The third-order valence-electron chi connectivity index (χ3n) is 1.17. The number of aldehydes is 1. The third-order valence-corrected chi connectivity index (χ3v) is 1.17. The van der Waals surface area contributed by atoms with E-state index in [2.05, 4.69) is 32.7 Å². The lowest BCUT2D eigenvalue weighted by Gasteiger charge is -2.18. The number of carbonyl (C=O) groups excluding carboxylic acids is 1. The van der Waals surface area contributed by atoms with Gasteiger partial charge in [-0.15, -0.1) is 0 Å². The van der Waals surface area contributed by atoms with E-state index in [9.17, 15) is 4.79 Å². The second kappa shape index (κ2) is 4.29. The Balaban J connectivity index is 3.42. The van der Waals surface area contributed by atoms with Gasteiger partial charge in [0.25, 0.3) is 0 Å². The van der Waals surface area contributed by atoms with Crippen LogP contribution in [0.5, 0.6) is 0 Å². The molecular weight excluding hydrogens is 138 g/mol. The summed E-state index contributed by atoms with van der Waals surface area (Å²) in [5, 5.41) is 3.15. The molecule has 0 radical (unpaired) electrons. The van der Waals surface area contributed by atoms with Gasteiger partial charge in [0.2, 0.25) is 0 Å². The van der Waals surface area contributed by atoms with Crippen LogP contribution in [0, 0.1) is 5.41 Å². The molecule has 0 saturated heterocycles. The molecule has 0 saturated carbocycles. The summed E-state index contributed by atoms with van der Waals surface area (Å²) in [6.07, 6.45) is 0.787. The van der Waals surface area contributed by atoms with Gasteiger partial charge >= 0.3 is 0 Å². The molecule has 0 aromatic rings. The minimum absolute atomic E-state index is 0.267. The average molecular weight is 155 g/mol. The van der Waals surface area contributed by atoms with Crippen LogP contribution in [0.3, 0.4) is 0 Å². The van der Waals surface area contributed by atoms with Crippen molar-refractivity contribution >= 4 is 6.29 Å². The molecule has 0 aliphatic heterocycles. The van der Waals surface area contributed by atoms with Crippen LogP contribution in [0.15, 0.2) is 12.2 Å². The number of hydrogen-bond donors (Lipinski definition) is 1. The predicted molar refractivity (Wildman–Crippen MR) is 47.5 cm³/mol. The molecule has 2 heteroatoms. The van der Waals surface area contributed by atoms with Gasteiger partial charge in [-0.1, -0.05) is 27.4 Å². The van der Waals surface area contributed by atoms with Crippen molar-refractivity contribution in [2.45, 2.75) is 20.8 Å². The van der Waals surface area contributed by atoms with Gasteiger partial charge in [-0.25, -0.2) is 0 Å². The molecule has 0 fully saturated rings. The molecule has 0 aromatic heterocycles. The molecule has 0 amide bonds. The zero-order valence-corrected chi connectivity index (χ0v) is 7.61. The second-order valence-electron chi connectivity index (χ2n) is 3.94. The van der Waals surface area contributed by atoms with Gasteiger partial charge in [-0.05, 0) is 11.0 Å². The van der Waals surface area contributed by atoms with Gasteiger partial charge in [0.15, 0.2) is 0 Å². The Morgan fingerprint density at radius 2 is 2.09 bits per heavy atom. The summed E-state index contributed by atoms with van der Waals surface area (Å²) >= 11 is 0. The van der Waals surface area contributed by atoms with E-state index < -0.39 is 0 Å². The molecule has 0 heterocycles. The molecule has 0 spiro atoms. The van der Waals surface area contributed by atoms with Gasteiger partial charge in [0.1, 0.15) is 6.29 Å². The van der Waals surface area contributed by atoms with E-state index in [1.165, 1.54) is 0 Å². The van der Waals surface area contributed by atoms with E-state index in [0.717, 1.165) is 12.8 Å². The monoisotopic (exact) mass is 155 g/mol. The fourth-order valence-electron chi connectivity index (χ4n) is 0.640. The zero-order valence-electron chi connectivity index (χ0n) is 7.61. The Morgan fingerprint density at radius 3 is 2.45 bits per heavy atom. The maximum Gasteiger partial charge on any atom is 0.146 e. The Morgan fingerprint density at radius 1 is 1.55 bits per heavy atom. The van der Waals surface area contributed by atoms with Gasteiger partial charge in [-0.3, -0.25) is 4.79 Å². The lowest BCUT2D eigenvalue weighted by molar-refractivity contribution is -0.104. The molecule has 64 valence electrons. The fraction of sp³-hybridized carbons (Fsp3) is 0.667. The van der Waals surface area contributed by atoms with E-state index in [4.69, 9.17) is 0 Å². The van der Waals surface area contributed by atoms with Gasteiger partial charge in [-0.2, -0.15) is 0 Å². The molecule has 11 heavy (non-hydrogen) atoms. The fourth-order valence-corrected chi connectivity index (χ4v) is 0.640. The lowest BCUT2D eigenvalue weighted by Crippen LogP contribution is -2.28. The Bertz CT molecular complexity index is 144. The maximum atomic E-state index is 10.1. The van der Waals surface area contributed by atoms with Gasteiger partial charge in [0.05, 0.1) is 0 Å². The molecule has 2 nitrogen and oxygen atoms in total. The van der Waals surface area contributed by atoms with E-state index >= 15 is 0 Å². The molecule has 0 aliphatic carbocycles. The maximum absolute atomic E-state index is 10.1. The minimum Gasteiger partial charge on any atom is -0.312 e. The summed E-state index contributed by atoms with van der Waals surface area (Å²) < 4.78 is 0. The van der Waals surface area contributed by atoms with E-state index in [-0.39, 0.29) is 5.41 Å². The van der Waals surface area contributed by atoms with E-state index in [0.29, 0.717) is 12.1 Å². The highest BCUT2D eigenvalue weighted by Gasteiger charge is 2.08. The van der Waals surface area contributed by atoms with Gasteiger partial charge in [0, 0.05) is 13.1 Å². The summed E-state index contributed by atoms with van der Waals surface area (Å²) in [6.45, 7) is 11.5. The van der Waals surface area contributed by atoms with Crippen LogP contribution in [-0.2, 0) is 4.79 Å². The Labute approximate surface area is 68.7 Å². The van der Waals surface area contributed by atoms with Crippen molar-refractivity contribution in [2.75, 3.05) is 13.1 Å². The summed E-state index contributed by atoms with van der Waals surface area (Å²) in [4.78, 5) is 10.1. The van der Waals surface area contributed by atoms with Crippen LogP contribution in [0.1, 0.15) is 20.8 Å². The molecule has 1 N–H and O–H groups in total. The molecule has 0 aromatic carbocycles. The molecule has 0 rings (SSSR count). The highest BCUT2D eigenvalue weighted by atomic mass is 16.1. The summed E-state index contributed by atoms with van der Waals surface area (Å²) in [5.41, 5.74) is 0.873. The standard InChI is InChI=1S/C9H17NO/c1-8(6-11)5-10-7-9(2,3)4/h6,10H,1,5,7H2,2-4H3. The Kier molecular flexibility index (Phi) is 4.04. The SMILES string of the molecule is C=C(C=O)CNCC(C)(C)C. The highest BCUT2D eigenvalue weighted by Crippen LogP contribution is 2.09. The second-order valence-corrected chi connectivity index (χ2v) is 3.94. The van der Waals surface area contributed by atoms with Crippen LogP contribution in [0.25, 0.3) is 0 Å². The van der Waals surface area contributed by atoms with Crippen LogP contribution in [0.2, 0.25) is 0 Å². The number of rotatable bonds is 4. The number of nitrogens with one attached hydrogen (secondary N) is 1. The molecule has 0 aliphatic rings. The van der Waals surface area contributed by atoms with Crippen molar-refractivity contribution in [1.82, 2.24) is 5.32 Å². The van der Waals surface area contributed by atoms with Crippen LogP contribution in [-0.4, -0.2) is 19.4 Å². The van der Waals surface area contributed by atoms with Crippen LogP contribution < -0.4 is 5.32 Å².